The van der Waals surface area contributed by atoms with Gasteiger partial charge in [0.05, 0.1) is 17.1 Å². The Morgan fingerprint density at radius 2 is 2.30 bits per heavy atom. The van der Waals surface area contributed by atoms with Crippen LogP contribution < -0.4 is 16.4 Å². The molecule has 3 rings (SSSR count). The lowest BCUT2D eigenvalue weighted by Crippen LogP contribution is -2.41. The van der Waals surface area contributed by atoms with E-state index in [0.717, 1.165) is 9.37 Å². The highest BCUT2D eigenvalue weighted by atomic mass is 79.9. The topological polar surface area (TPSA) is 84.0 Å². The lowest BCUT2D eigenvalue weighted by Gasteiger charge is -2.26. The number of benzene rings is 1. The molecule has 1 aliphatic heterocycles. The molecule has 6 nitrogen and oxygen atoms in total. The molecule has 0 spiro atoms. The normalized spacial score (nSPS) is 16.3. The molecule has 0 bridgehead atoms. The maximum absolute atomic E-state index is 12.3. The second-order valence-corrected chi connectivity index (χ2v) is 7.17. The van der Waals surface area contributed by atoms with E-state index in [1.165, 1.54) is 4.57 Å². The van der Waals surface area contributed by atoms with Crippen LogP contribution in [-0.4, -0.2) is 27.8 Å². The van der Waals surface area contributed by atoms with Crippen LogP contribution in [0.1, 0.15) is 12.5 Å². The van der Waals surface area contributed by atoms with Gasteiger partial charge in [-0.15, -0.1) is 18.3 Å². The highest BCUT2D eigenvalue weighted by Crippen LogP contribution is 2.37. The maximum atomic E-state index is 12.3. The molecule has 8 heteroatoms. The molecular formula is C15H14BrN3O3S. The number of aromatic amines is 1. The number of nitrogens with zero attached hydrogens (tertiary/aromatic N) is 1. The van der Waals surface area contributed by atoms with Crippen molar-refractivity contribution >= 4 is 44.6 Å². The fraction of sp³-hybridized carbons (Fsp3) is 0.267. The van der Waals surface area contributed by atoms with Crippen molar-refractivity contribution in [1.82, 2.24) is 14.9 Å². The van der Waals surface area contributed by atoms with Gasteiger partial charge in [0.2, 0.25) is 5.91 Å². The van der Waals surface area contributed by atoms with E-state index >= 15 is 0 Å². The minimum Gasteiger partial charge on any atom is -0.353 e. The van der Waals surface area contributed by atoms with Gasteiger partial charge in [-0.05, 0) is 12.1 Å². The average Bonchev–Trinajstić information content (AvgIpc) is 2.51. The van der Waals surface area contributed by atoms with Gasteiger partial charge in [0, 0.05) is 28.1 Å². The molecule has 1 amide bonds. The Hall–Kier alpha value is -1.80. The first-order chi connectivity index (χ1) is 11.0. The Bertz CT molecular complexity index is 919. The Kier molecular flexibility index (Phi) is 4.45. The van der Waals surface area contributed by atoms with E-state index in [2.05, 4.69) is 32.8 Å². The number of hydrogen-bond donors (Lipinski definition) is 2. The molecule has 0 saturated carbocycles. The molecule has 1 unspecified atom stereocenters. The smallest absolute Gasteiger partial charge is 0.317 e. The Morgan fingerprint density at radius 1 is 1.52 bits per heavy atom. The molecule has 0 saturated heterocycles. The van der Waals surface area contributed by atoms with Gasteiger partial charge in [0.15, 0.2) is 0 Å². The predicted molar refractivity (Wildman–Crippen MR) is 94.1 cm³/mol. The number of hydrogen-bond acceptors (Lipinski definition) is 4. The van der Waals surface area contributed by atoms with Crippen LogP contribution in [-0.2, 0) is 4.79 Å². The van der Waals surface area contributed by atoms with Crippen LogP contribution in [0.2, 0.25) is 0 Å². The highest BCUT2D eigenvalue weighted by Gasteiger charge is 2.26. The number of nitrogens with one attached hydrogen (secondary N) is 2. The molecule has 23 heavy (non-hydrogen) atoms. The SMILES string of the molecule is C=CCNC(=O)CC1CSc2cc(Br)cc3[nH]c(=O)c(=O)n1c23. The van der Waals surface area contributed by atoms with Crippen LogP contribution in [0.25, 0.3) is 11.0 Å². The number of H-pyrrole nitrogens is 1. The van der Waals surface area contributed by atoms with Crippen LogP contribution >= 0.6 is 27.7 Å². The van der Waals surface area contributed by atoms with Crippen molar-refractivity contribution in [2.24, 2.45) is 0 Å². The molecular weight excluding hydrogens is 382 g/mol. The largest absolute Gasteiger partial charge is 0.353 e. The summed E-state index contributed by atoms with van der Waals surface area (Å²) in [4.78, 5) is 39.8. The van der Waals surface area contributed by atoms with Crippen molar-refractivity contribution in [3.8, 4) is 0 Å². The minimum absolute atomic E-state index is 0.148. The van der Waals surface area contributed by atoms with Crippen LogP contribution in [0.15, 0.2) is 43.7 Å². The summed E-state index contributed by atoms with van der Waals surface area (Å²) in [7, 11) is 0. The summed E-state index contributed by atoms with van der Waals surface area (Å²) < 4.78 is 2.29. The molecule has 120 valence electrons. The van der Waals surface area contributed by atoms with Crippen LogP contribution in [0, 0.1) is 0 Å². The van der Waals surface area contributed by atoms with Gasteiger partial charge >= 0.3 is 11.1 Å². The van der Waals surface area contributed by atoms with Crippen molar-refractivity contribution in [1.29, 1.82) is 0 Å². The fourth-order valence-electron chi connectivity index (χ4n) is 2.65. The molecule has 1 aliphatic rings. The van der Waals surface area contributed by atoms with E-state index in [0.29, 0.717) is 23.3 Å². The molecule has 2 heterocycles. The first-order valence-electron chi connectivity index (χ1n) is 6.99. The van der Waals surface area contributed by atoms with Gasteiger partial charge in [0.25, 0.3) is 0 Å². The summed E-state index contributed by atoms with van der Waals surface area (Å²) >= 11 is 4.98. The standard InChI is InChI=1S/C15H14BrN3O3S/c1-2-3-17-12(20)6-9-7-23-11-5-8(16)4-10-13(11)19(9)15(22)14(21)18-10/h2,4-5,9H,1,3,6-7H2,(H,17,20)(H,18,21). The molecule has 1 atom stereocenters. The van der Waals surface area contributed by atoms with E-state index in [-0.39, 0.29) is 18.4 Å². The number of amides is 1. The fourth-order valence-corrected chi connectivity index (χ4v) is 4.45. The quantitative estimate of drug-likeness (QED) is 0.610. The Labute approximate surface area is 144 Å². The van der Waals surface area contributed by atoms with Crippen molar-refractivity contribution in [3.05, 3.63) is 50.0 Å². The third-order valence-corrected chi connectivity index (χ3v) is 5.23. The zero-order chi connectivity index (χ0) is 16.6. The van der Waals surface area contributed by atoms with Gasteiger partial charge in [-0.2, -0.15) is 0 Å². The third kappa shape index (κ3) is 3.00. The van der Waals surface area contributed by atoms with Crippen LogP contribution in [0.4, 0.5) is 0 Å². The van der Waals surface area contributed by atoms with E-state index in [9.17, 15) is 14.4 Å². The number of aromatic nitrogens is 2. The van der Waals surface area contributed by atoms with Crippen LogP contribution in [0.5, 0.6) is 0 Å². The molecule has 0 aliphatic carbocycles. The summed E-state index contributed by atoms with van der Waals surface area (Å²) in [5.41, 5.74) is -0.0360. The minimum atomic E-state index is -0.676. The average molecular weight is 396 g/mol. The van der Waals surface area contributed by atoms with E-state index < -0.39 is 11.1 Å². The first-order valence-corrected chi connectivity index (χ1v) is 8.77. The Morgan fingerprint density at radius 3 is 3.04 bits per heavy atom. The monoisotopic (exact) mass is 395 g/mol. The van der Waals surface area contributed by atoms with Gasteiger partial charge in [-0.3, -0.25) is 19.0 Å². The number of carbonyl (C=O) groups is 1. The second kappa shape index (κ2) is 6.37. The summed E-state index contributed by atoms with van der Waals surface area (Å²) in [6.45, 7) is 3.93. The van der Waals surface area contributed by atoms with Crippen molar-refractivity contribution in [2.45, 2.75) is 17.4 Å². The second-order valence-electron chi connectivity index (χ2n) is 5.19. The summed E-state index contributed by atoms with van der Waals surface area (Å²) in [6, 6.07) is 3.32. The summed E-state index contributed by atoms with van der Waals surface area (Å²) in [6.07, 6.45) is 1.74. The summed E-state index contributed by atoms with van der Waals surface area (Å²) in [5, 5.41) is 2.70. The van der Waals surface area contributed by atoms with E-state index in [1.54, 1.807) is 23.9 Å². The molecule has 2 aromatic rings. The van der Waals surface area contributed by atoms with Crippen molar-refractivity contribution in [3.63, 3.8) is 0 Å². The number of carbonyl (C=O) groups excluding carboxylic acids is 1. The van der Waals surface area contributed by atoms with Gasteiger partial charge in [0.1, 0.15) is 0 Å². The molecule has 1 aromatic heterocycles. The molecule has 2 N–H and O–H groups in total. The molecule has 1 aromatic carbocycles. The lowest BCUT2D eigenvalue weighted by molar-refractivity contribution is -0.121. The predicted octanol–water partition coefficient (Wildman–Crippen LogP) is 1.79. The van der Waals surface area contributed by atoms with Gasteiger partial charge in [-0.1, -0.05) is 22.0 Å². The van der Waals surface area contributed by atoms with E-state index in [1.807, 2.05) is 6.07 Å². The van der Waals surface area contributed by atoms with Crippen molar-refractivity contribution < 1.29 is 4.79 Å². The molecule has 0 fully saturated rings. The van der Waals surface area contributed by atoms with E-state index in [4.69, 9.17) is 0 Å². The van der Waals surface area contributed by atoms with Gasteiger partial charge in [-0.25, -0.2) is 0 Å². The first kappa shape index (κ1) is 16.1. The van der Waals surface area contributed by atoms with Crippen molar-refractivity contribution in [2.75, 3.05) is 12.3 Å². The van der Waals surface area contributed by atoms with Gasteiger partial charge < -0.3 is 10.3 Å². The zero-order valence-corrected chi connectivity index (χ0v) is 14.5. The third-order valence-electron chi connectivity index (χ3n) is 3.60. The highest BCUT2D eigenvalue weighted by molar-refractivity contribution is 9.10. The Balaban J connectivity index is 2.12. The number of rotatable bonds is 4. The number of halogens is 1. The molecule has 0 radical (unpaired) electrons. The number of thioether (sulfide) groups is 1. The summed E-state index contributed by atoms with van der Waals surface area (Å²) in [5.74, 6) is 0.389. The van der Waals surface area contributed by atoms with Crippen LogP contribution in [0.3, 0.4) is 0 Å². The maximum Gasteiger partial charge on any atom is 0.317 e. The lowest BCUT2D eigenvalue weighted by atomic mass is 10.2. The zero-order valence-electron chi connectivity index (χ0n) is 12.1.